The van der Waals surface area contributed by atoms with E-state index in [1.54, 1.807) is 4.68 Å². The summed E-state index contributed by atoms with van der Waals surface area (Å²) in [7, 11) is 4.03. The third-order valence-electron chi connectivity index (χ3n) is 8.37. The van der Waals surface area contributed by atoms with Gasteiger partial charge in [0.2, 0.25) is 0 Å². The first kappa shape index (κ1) is 26.7. The summed E-state index contributed by atoms with van der Waals surface area (Å²) in [5, 5.41) is 17.3. The Morgan fingerprint density at radius 1 is 1.19 bits per heavy atom. The number of nitrogens with two attached hydrogens (primary N) is 1. The first-order valence-electron chi connectivity index (χ1n) is 14.6. The quantitative estimate of drug-likeness (QED) is 0.270. The number of aromatic nitrogens is 6. The molecule has 7 rings (SSSR count). The lowest BCUT2D eigenvalue weighted by Crippen LogP contribution is -2.28. The molecule has 5 aromatic rings. The van der Waals surface area contributed by atoms with Crippen molar-refractivity contribution in [3.63, 3.8) is 0 Å². The van der Waals surface area contributed by atoms with Crippen molar-refractivity contribution in [2.24, 2.45) is 13.0 Å². The van der Waals surface area contributed by atoms with Crippen molar-refractivity contribution in [2.45, 2.75) is 51.0 Å². The number of aliphatic hydroxyl groups excluding tert-OH is 1. The molecule has 218 valence electrons. The third kappa shape index (κ3) is 4.92. The molecule has 1 aromatic carbocycles. The lowest BCUT2D eigenvalue weighted by Gasteiger charge is -2.22. The fourth-order valence-electron chi connectivity index (χ4n) is 5.91. The van der Waals surface area contributed by atoms with Crippen LogP contribution >= 0.6 is 0 Å². The zero-order valence-electron chi connectivity index (χ0n) is 24.1. The van der Waals surface area contributed by atoms with Crippen LogP contribution in [0.5, 0.6) is 5.75 Å². The number of pyridine rings is 1. The predicted octanol–water partition coefficient (Wildman–Crippen LogP) is 4.10. The van der Waals surface area contributed by atoms with Crippen LogP contribution in [0.2, 0.25) is 0 Å². The van der Waals surface area contributed by atoms with Crippen LogP contribution in [-0.4, -0.2) is 66.8 Å². The molecule has 2 fully saturated rings. The van der Waals surface area contributed by atoms with Gasteiger partial charge in [-0.05, 0) is 49.4 Å². The van der Waals surface area contributed by atoms with Gasteiger partial charge in [0.15, 0.2) is 0 Å². The smallest absolute Gasteiger partial charge is 0.148 e. The molecular formula is C31H36N8O3. The highest BCUT2D eigenvalue weighted by atomic mass is 16.6. The van der Waals surface area contributed by atoms with Crippen LogP contribution in [0.25, 0.3) is 33.2 Å². The maximum atomic E-state index is 11.0. The zero-order chi connectivity index (χ0) is 29.0. The molecular weight excluding hydrogens is 532 g/mol. The van der Waals surface area contributed by atoms with Gasteiger partial charge >= 0.3 is 0 Å². The zero-order valence-corrected chi connectivity index (χ0v) is 24.1. The number of nitrogen functional groups attached to an aromatic ring is 1. The van der Waals surface area contributed by atoms with Crippen molar-refractivity contribution >= 4 is 33.4 Å². The van der Waals surface area contributed by atoms with Crippen LogP contribution in [0, 0.1) is 5.92 Å². The second kappa shape index (κ2) is 10.6. The minimum Gasteiger partial charge on any atom is -0.491 e. The maximum Gasteiger partial charge on any atom is 0.148 e. The first-order chi connectivity index (χ1) is 20.4. The Kier molecular flexibility index (Phi) is 6.70. The normalized spacial score (nSPS) is 20.5. The van der Waals surface area contributed by atoms with E-state index < -0.39 is 18.4 Å². The van der Waals surface area contributed by atoms with E-state index in [2.05, 4.69) is 46.1 Å². The number of rotatable bonds is 9. The van der Waals surface area contributed by atoms with Crippen molar-refractivity contribution in [2.75, 3.05) is 30.8 Å². The van der Waals surface area contributed by atoms with Gasteiger partial charge in [0.25, 0.3) is 0 Å². The molecule has 0 unspecified atom stereocenters. The molecule has 1 aliphatic carbocycles. The summed E-state index contributed by atoms with van der Waals surface area (Å²) in [6.45, 7) is 3.40. The number of hydrogen-bond acceptors (Lipinski definition) is 9. The van der Waals surface area contributed by atoms with Crippen LogP contribution < -0.4 is 15.4 Å². The second-order valence-electron chi connectivity index (χ2n) is 11.5. The first-order valence-corrected chi connectivity index (χ1v) is 14.6. The Hall–Kier alpha value is -4.22. The molecule has 2 aliphatic rings. The fraction of sp³-hybridized carbons (Fsp3) is 0.419. The van der Waals surface area contributed by atoms with Crippen LogP contribution in [0.4, 0.5) is 11.5 Å². The summed E-state index contributed by atoms with van der Waals surface area (Å²) < 4.78 is 16.2. The summed E-state index contributed by atoms with van der Waals surface area (Å²) in [4.78, 5) is 15.9. The molecule has 11 heteroatoms. The molecule has 1 saturated heterocycles. The summed E-state index contributed by atoms with van der Waals surface area (Å²) in [5.41, 5.74) is 11.7. The SMILES string of the molecule is CCc1cc(N(C)CC2CC2)c2ccc(OC[C@H]3O[C@@H](n4cc(-c5ccn(C)n5)c5c(N)ncnc54)C[C@@H]3O)cc2n1. The van der Waals surface area contributed by atoms with Crippen LogP contribution in [0.1, 0.15) is 38.1 Å². The van der Waals surface area contributed by atoms with Crippen molar-refractivity contribution in [3.8, 4) is 17.0 Å². The minimum atomic E-state index is -0.710. The van der Waals surface area contributed by atoms with Gasteiger partial charge in [0.05, 0.1) is 22.7 Å². The number of aliphatic hydroxyl groups is 1. The highest BCUT2D eigenvalue weighted by Gasteiger charge is 2.37. The molecule has 3 atom stereocenters. The number of aryl methyl sites for hydroxylation is 2. The Labute approximate surface area is 243 Å². The van der Waals surface area contributed by atoms with E-state index >= 15 is 0 Å². The summed E-state index contributed by atoms with van der Waals surface area (Å²) in [5.74, 6) is 1.86. The predicted molar refractivity (Wildman–Crippen MR) is 161 cm³/mol. The lowest BCUT2D eigenvalue weighted by molar-refractivity contribution is -0.0379. The van der Waals surface area contributed by atoms with Gasteiger partial charge in [-0.15, -0.1) is 0 Å². The molecule has 3 N–H and O–H groups in total. The van der Waals surface area contributed by atoms with E-state index in [4.69, 9.17) is 20.2 Å². The molecule has 1 saturated carbocycles. The molecule has 1 aliphatic heterocycles. The van der Waals surface area contributed by atoms with Crippen molar-refractivity contribution in [3.05, 3.63) is 54.7 Å². The monoisotopic (exact) mass is 568 g/mol. The number of nitrogens with zero attached hydrogens (tertiary/aromatic N) is 7. The molecule has 4 aromatic heterocycles. The average Bonchev–Trinajstić information content (AvgIpc) is 3.37. The number of fused-ring (bicyclic) bond motifs is 2. The minimum absolute atomic E-state index is 0.203. The standard InChI is InChI=1S/C31H36N8O3/c1-4-19-11-25(37(2)14-18-5-6-18)21-8-7-20(12-24(21)35-19)41-16-27-26(40)13-28(42-27)39-15-22(23-9-10-38(3)36-23)29-30(32)33-17-34-31(29)39/h7-12,15,17-18,26-28,40H,4-6,13-14,16H2,1-3H3,(H2,32,33,34)/t26-,27+,28+/m0/s1. The summed E-state index contributed by atoms with van der Waals surface area (Å²) >= 11 is 0. The number of ether oxygens (including phenoxy) is 2. The second-order valence-corrected chi connectivity index (χ2v) is 11.5. The largest absolute Gasteiger partial charge is 0.491 e. The summed E-state index contributed by atoms with van der Waals surface area (Å²) in [6, 6.07) is 10.2. The van der Waals surface area contributed by atoms with Crippen molar-refractivity contribution in [1.29, 1.82) is 0 Å². The van der Waals surface area contributed by atoms with Gasteiger partial charge in [0.1, 0.15) is 42.5 Å². The molecule has 0 bridgehead atoms. The third-order valence-corrected chi connectivity index (χ3v) is 8.37. The maximum absolute atomic E-state index is 11.0. The van der Waals surface area contributed by atoms with Crippen molar-refractivity contribution < 1.29 is 14.6 Å². The molecule has 0 radical (unpaired) electrons. The van der Waals surface area contributed by atoms with E-state index in [9.17, 15) is 5.11 Å². The lowest BCUT2D eigenvalue weighted by atomic mass is 10.1. The van der Waals surface area contributed by atoms with Crippen LogP contribution in [0.15, 0.2) is 49.1 Å². The van der Waals surface area contributed by atoms with Gasteiger partial charge in [-0.3, -0.25) is 9.67 Å². The van der Waals surface area contributed by atoms with Crippen LogP contribution in [-0.2, 0) is 18.2 Å². The Bertz CT molecular complexity index is 1760. The Morgan fingerprint density at radius 2 is 2.05 bits per heavy atom. The van der Waals surface area contributed by atoms with E-state index in [0.717, 1.165) is 46.7 Å². The van der Waals surface area contributed by atoms with Gasteiger partial charge in [-0.2, -0.15) is 5.10 Å². The number of benzene rings is 1. The number of anilines is 2. The van der Waals surface area contributed by atoms with Crippen LogP contribution in [0.3, 0.4) is 0 Å². The van der Waals surface area contributed by atoms with Gasteiger partial charge in [-0.25, -0.2) is 9.97 Å². The van der Waals surface area contributed by atoms with E-state index in [0.29, 0.717) is 29.0 Å². The molecule has 5 heterocycles. The number of hydrogen-bond donors (Lipinski definition) is 2. The van der Waals surface area contributed by atoms with Gasteiger partial charge in [0, 0.05) is 67.9 Å². The van der Waals surface area contributed by atoms with Gasteiger partial charge in [-0.1, -0.05) is 6.92 Å². The van der Waals surface area contributed by atoms with Crippen molar-refractivity contribution in [1.82, 2.24) is 29.3 Å². The molecule has 0 spiro atoms. The topological polar surface area (TPSA) is 129 Å². The molecule has 11 nitrogen and oxygen atoms in total. The molecule has 0 amide bonds. The summed E-state index contributed by atoms with van der Waals surface area (Å²) in [6.07, 6.45) is 7.45. The Morgan fingerprint density at radius 3 is 2.81 bits per heavy atom. The van der Waals surface area contributed by atoms with Gasteiger partial charge < -0.3 is 29.8 Å². The highest BCUT2D eigenvalue weighted by molar-refractivity contribution is 6.00. The van der Waals surface area contributed by atoms with E-state index in [1.165, 1.54) is 24.9 Å². The Balaban J connectivity index is 1.10. The van der Waals surface area contributed by atoms with E-state index in [-0.39, 0.29) is 6.61 Å². The average molecular weight is 569 g/mol. The highest BCUT2D eigenvalue weighted by Crippen LogP contribution is 2.38. The van der Waals surface area contributed by atoms with E-state index in [1.807, 2.05) is 42.2 Å². The molecule has 42 heavy (non-hydrogen) atoms. The fourth-order valence-corrected chi connectivity index (χ4v) is 5.91.